The Morgan fingerprint density at radius 2 is 1.63 bits per heavy atom. The Labute approximate surface area is 159 Å². The fourth-order valence-electron chi connectivity index (χ4n) is 3.04. The number of halogens is 1. The number of hydrogen-bond acceptors (Lipinski definition) is 3. The molecule has 0 radical (unpaired) electrons. The lowest BCUT2D eigenvalue weighted by molar-refractivity contribution is -0.122. The maximum atomic E-state index is 14.2. The number of nitrogens with one attached hydrogen (secondary N) is 1. The van der Waals surface area contributed by atoms with Gasteiger partial charge >= 0.3 is 0 Å². The summed E-state index contributed by atoms with van der Waals surface area (Å²) in [6.07, 6.45) is 1.51. The number of carbonyl (C=O) groups excluding carboxylic acids is 2. The second kappa shape index (κ2) is 6.74. The maximum absolute atomic E-state index is 14.2. The molecule has 6 heteroatoms. The first-order valence-electron chi connectivity index (χ1n) is 8.20. The zero-order valence-electron chi connectivity index (χ0n) is 14.0. The highest BCUT2D eigenvalue weighted by Gasteiger charge is 2.35. The van der Waals surface area contributed by atoms with Gasteiger partial charge < -0.3 is 0 Å². The first-order chi connectivity index (χ1) is 13.1. The van der Waals surface area contributed by atoms with Crippen molar-refractivity contribution < 1.29 is 14.0 Å². The minimum Gasteiger partial charge on any atom is -0.298 e. The van der Waals surface area contributed by atoms with Crippen molar-refractivity contribution in [2.24, 2.45) is 0 Å². The number of hydrogen-bond donors (Lipinski definition) is 1. The zero-order valence-corrected chi connectivity index (χ0v) is 14.8. The van der Waals surface area contributed by atoms with Crippen molar-refractivity contribution in [2.75, 3.05) is 4.90 Å². The Hall–Kier alpha value is -3.38. The van der Waals surface area contributed by atoms with Crippen LogP contribution >= 0.6 is 12.2 Å². The van der Waals surface area contributed by atoms with Gasteiger partial charge in [-0.1, -0.05) is 54.6 Å². The van der Waals surface area contributed by atoms with E-state index in [4.69, 9.17) is 12.2 Å². The molecule has 0 atom stereocenters. The molecule has 0 aromatic heterocycles. The summed E-state index contributed by atoms with van der Waals surface area (Å²) < 4.78 is 14.2. The highest BCUT2D eigenvalue weighted by Crippen LogP contribution is 2.26. The first kappa shape index (κ1) is 17.1. The lowest BCUT2D eigenvalue weighted by atomic mass is 10.0. The Morgan fingerprint density at radius 3 is 2.44 bits per heavy atom. The van der Waals surface area contributed by atoms with Crippen LogP contribution in [0.1, 0.15) is 5.56 Å². The van der Waals surface area contributed by atoms with Crippen molar-refractivity contribution in [3.05, 3.63) is 83.7 Å². The van der Waals surface area contributed by atoms with E-state index in [-0.39, 0.29) is 16.4 Å². The Balaban J connectivity index is 1.83. The average molecular weight is 376 g/mol. The van der Waals surface area contributed by atoms with Crippen LogP contribution in [0.3, 0.4) is 0 Å². The quantitative estimate of drug-likeness (QED) is 0.420. The van der Waals surface area contributed by atoms with Gasteiger partial charge in [0, 0.05) is 0 Å². The second-order valence-electron chi connectivity index (χ2n) is 5.98. The molecule has 1 heterocycles. The summed E-state index contributed by atoms with van der Waals surface area (Å²) >= 11 is 5.10. The molecule has 1 aliphatic rings. The van der Waals surface area contributed by atoms with Crippen LogP contribution in [0.4, 0.5) is 10.1 Å². The van der Waals surface area contributed by atoms with Crippen LogP contribution in [0.5, 0.6) is 0 Å². The second-order valence-corrected chi connectivity index (χ2v) is 6.36. The first-order valence-corrected chi connectivity index (χ1v) is 8.61. The molecular weight excluding hydrogens is 363 g/mol. The topological polar surface area (TPSA) is 49.4 Å². The number of rotatable bonds is 2. The highest BCUT2D eigenvalue weighted by atomic mass is 32.1. The number of carbonyl (C=O) groups is 2. The van der Waals surface area contributed by atoms with Crippen molar-refractivity contribution in [3.8, 4) is 0 Å². The standard InChI is InChI=1S/C21H13FN2O2S/c22-17-10-3-4-11-18(17)24-20(26)16(19(25)23-21(24)27)12-14-8-5-7-13-6-1-2-9-15(13)14/h1-12H,(H,23,25,27)/b16-12-. The SMILES string of the molecule is O=C1NC(=S)N(c2ccccc2F)C(=O)/C1=C\c1cccc2ccccc12. The lowest BCUT2D eigenvalue weighted by Gasteiger charge is -2.29. The van der Waals surface area contributed by atoms with Gasteiger partial charge in [0.2, 0.25) is 0 Å². The average Bonchev–Trinajstić information content (AvgIpc) is 2.66. The van der Waals surface area contributed by atoms with Crippen LogP contribution in [0, 0.1) is 5.82 Å². The van der Waals surface area contributed by atoms with E-state index in [1.807, 2.05) is 42.5 Å². The van der Waals surface area contributed by atoms with E-state index in [1.54, 1.807) is 6.07 Å². The molecule has 4 rings (SSSR count). The number of nitrogens with zero attached hydrogens (tertiary/aromatic N) is 1. The van der Waals surface area contributed by atoms with Gasteiger partial charge in [-0.3, -0.25) is 14.9 Å². The number of anilines is 1. The van der Waals surface area contributed by atoms with E-state index in [9.17, 15) is 14.0 Å². The van der Waals surface area contributed by atoms with Gasteiger partial charge in [-0.15, -0.1) is 0 Å². The Morgan fingerprint density at radius 1 is 0.926 bits per heavy atom. The monoisotopic (exact) mass is 376 g/mol. The summed E-state index contributed by atoms with van der Waals surface area (Å²) in [4.78, 5) is 26.4. The van der Waals surface area contributed by atoms with Gasteiger partial charge in [-0.25, -0.2) is 9.29 Å². The molecule has 27 heavy (non-hydrogen) atoms. The zero-order chi connectivity index (χ0) is 19.0. The highest BCUT2D eigenvalue weighted by molar-refractivity contribution is 7.80. The van der Waals surface area contributed by atoms with E-state index >= 15 is 0 Å². The molecule has 1 saturated heterocycles. The van der Waals surface area contributed by atoms with E-state index in [2.05, 4.69) is 5.32 Å². The largest absolute Gasteiger partial charge is 0.298 e. The van der Waals surface area contributed by atoms with Crippen LogP contribution < -0.4 is 10.2 Å². The Kier molecular flexibility index (Phi) is 4.25. The van der Waals surface area contributed by atoms with Crippen LogP contribution in [-0.2, 0) is 9.59 Å². The molecule has 2 amide bonds. The van der Waals surface area contributed by atoms with E-state index < -0.39 is 17.6 Å². The molecule has 0 aliphatic carbocycles. The van der Waals surface area contributed by atoms with E-state index in [0.717, 1.165) is 15.7 Å². The smallest absolute Gasteiger partial charge is 0.270 e. The fraction of sp³-hybridized carbons (Fsp3) is 0. The number of fused-ring (bicyclic) bond motifs is 1. The molecule has 1 fully saturated rings. The molecule has 0 saturated carbocycles. The molecule has 3 aromatic rings. The molecule has 1 aliphatic heterocycles. The molecule has 0 spiro atoms. The molecule has 132 valence electrons. The van der Waals surface area contributed by atoms with Gasteiger partial charge in [0.05, 0.1) is 5.69 Å². The van der Waals surface area contributed by atoms with Crippen molar-refractivity contribution in [1.82, 2.24) is 5.32 Å². The molecule has 4 nitrogen and oxygen atoms in total. The molecule has 1 N–H and O–H groups in total. The maximum Gasteiger partial charge on any atom is 0.270 e. The van der Waals surface area contributed by atoms with Gasteiger partial charge in [-0.2, -0.15) is 0 Å². The lowest BCUT2D eigenvalue weighted by Crippen LogP contribution is -2.54. The summed E-state index contributed by atoms with van der Waals surface area (Å²) in [5, 5.41) is 4.20. The van der Waals surface area contributed by atoms with Crippen LogP contribution in [0.25, 0.3) is 16.8 Å². The number of benzene rings is 3. The van der Waals surface area contributed by atoms with Crippen molar-refractivity contribution in [2.45, 2.75) is 0 Å². The van der Waals surface area contributed by atoms with Crippen molar-refractivity contribution in [1.29, 1.82) is 0 Å². The molecule has 0 unspecified atom stereocenters. The fourth-order valence-corrected chi connectivity index (χ4v) is 3.32. The number of para-hydroxylation sites is 1. The molecule has 3 aromatic carbocycles. The predicted octanol–water partition coefficient (Wildman–Crippen LogP) is 3.81. The summed E-state index contributed by atoms with van der Waals surface area (Å²) in [6, 6.07) is 19.0. The summed E-state index contributed by atoms with van der Waals surface area (Å²) in [6.45, 7) is 0. The minimum atomic E-state index is -0.665. The Bertz CT molecular complexity index is 1130. The van der Waals surface area contributed by atoms with Crippen LogP contribution in [0.2, 0.25) is 0 Å². The van der Waals surface area contributed by atoms with Gasteiger partial charge in [-0.05, 0) is 46.8 Å². The van der Waals surface area contributed by atoms with Crippen LogP contribution in [0.15, 0.2) is 72.3 Å². The third kappa shape index (κ3) is 3.00. The predicted molar refractivity (Wildman–Crippen MR) is 107 cm³/mol. The van der Waals surface area contributed by atoms with Gasteiger partial charge in [0.1, 0.15) is 11.4 Å². The molecular formula is C21H13FN2O2S. The van der Waals surface area contributed by atoms with Crippen molar-refractivity contribution >= 4 is 51.7 Å². The summed E-state index contributed by atoms with van der Waals surface area (Å²) in [5.41, 5.74) is 0.604. The van der Waals surface area contributed by atoms with Gasteiger partial charge in [0.15, 0.2) is 5.11 Å². The third-order valence-corrected chi connectivity index (χ3v) is 4.60. The van der Waals surface area contributed by atoms with E-state index in [1.165, 1.54) is 24.3 Å². The summed E-state index contributed by atoms with van der Waals surface area (Å²) in [7, 11) is 0. The minimum absolute atomic E-state index is 0.00341. The normalized spacial score (nSPS) is 16.1. The van der Waals surface area contributed by atoms with Crippen LogP contribution in [-0.4, -0.2) is 16.9 Å². The number of amides is 2. The van der Waals surface area contributed by atoms with Gasteiger partial charge in [0.25, 0.3) is 11.8 Å². The summed E-state index contributed by atoms with van der Waals surface area (Å²) in [5.74, 6) is -1.87. The number of thiocarbonyl (C=S) groups is 1. The van der Waals surface area contributed by atoms with Crippen molar-refractivity contribution in [3.63, 3.8) is 0 Å². The third-order valence-electron chi connectivity index (χ3n) is 4.32. The van der Waals surface area contributed by atoms with E-state index in [0.29, 0.717) is 5.56 Å². The molecule has 0 bridgehead atoms.